The van der Waals surface area contributed by atoms with Crippen LogP contribution in [0, 0.1) is 26.7 Å². The number of H-pyrrole nitrogens is 1. The third kappa shape index (κ3) is 8.62. The van der Waals surface area contributed by atoms with Gasteiger partial charge in [-0.15, -0.1) is 0 Å². The van der Waals surface area contributed by atoms with E-state index in [-0.39, 0.29) is 29.3 Å². The number of rotatable bonds is 10. The first kappa shape index (κ1) is 42.9. The molecule has 3 aliphatic heterocycles. The number of carbonyl (C=O) groups excluding carboxylic acids is 3. The minimum Gasteiger partial charge on any atom is -0.372 e. The highest BCUT2D eigenvalue weighted by atomic mass is 16.5. The van der Waals surface area contributed by atoms with Crippen LogP contribution in [0.4, 0.5) is 16.2 Å². The maximum Gasteiger partial charge on any atom is 0.328 e. The van der Waals surface area contributed by atoms with Crippen LogP contribution in [0.3, 0.4) is 0 Å². The fraction of sp³-hybridized carbons (Fsp3) is 0.458. The molecule has 0 aliphatic carbocycles. The number of benzene rings is 2. The summed E-state index contributed by atoms with van der Waals surface area (Å²) in [5.41, 5.74) is 10.4. The molecule has 4 amide bonds. The second-order valence-electron chi connectivity index (χ2n) is 18.8. The zero-order valence-electron chi connectivity index (χ0n) is 37.9. The molecule has 334 valence electrons. The number of piperidine rings is 2. The van der Waals surface area contributed by atoms with Crippen molar-refractivity contribution in [1.29, 1.82) is 0 Å². The Bertz CT molecular complexity index is 2690. The van der Waals surface area contributed by atoms with Crippen LogP contribution in [0.5, 0.6) is 0 Å². The van der Waals surface area contributed by atoms with Crippen LogP contribution in [0.1, 0.15) is 111 Å². The summed E-state index contributed by atoms with van der Waals surface area (Å²) in [6, 6.07) is 16.2. The number of anilines is 2. The molecule has 1 unspecified atom stereocenters. The standard InChI is InChI=1S/C48H58N12O4/c1-28-24-33(8-13-37(28)29(2)51-44(62)45-54-46(56-64-45)48(5,6)7)42-38-25-39(52-43(38)50-27-49-42)41-30(3)55-60(31(41)4)36-16-19-57(20-17-36)26-32-14-21-58(22-15-32)34-9-11-35(12-10-34)59-23-18-40(61)53-47(59)63/h8-13,24-25,27,29,32,36H,14-23,26H2,1-7H3,(H,51,62)(H,49,50,52)(H,53,61,63). The van der Waals surface area contributed by atoms with Crippen LogP contribution in [0.2, 0.25) is 0 Å². The first-order valence-corrected chi connectivity index (χ1v) is 22.5. The molecular formula is C48H58N12O4. The molecule has 0 bridgehead atoms. The summed E-state index contributed by atoms with van der Waals surface area (Å²) < 4.78 is 7.52. The number of nitrogens with zero attached hydrogens (tertiary/aromatic N) is 9. The summed E-state index contributed by atoms with van der Waals surface area (Å²) in [6.45, 7) is 19.8. The third-order valence-electron chi connectivity index (χ3n) is 13.3. The molecule has 3 N–H and O–H groups in total. The fourth-order valence-electron chi connectivity index (χ4n) is 9.72. The van der Waals surface area contributed by atoms with Crippen LogP contribution >= 0.6 is 0 Å². The van der Waals surface area contributed by atoms with Gasteiger partial charge >= 0.3 is 17.8 Å². The molecule has 64 heavy (non-hydrogen) atoms. The minimum absolute atomic E-state index is 0.0475. The van der Waals surface area contributed by atoms with E-state index in [9.17, 15) is 14.4 Å². The van der Waals surface area contributed by atoms with Gasteiger partial charge in [0, 0.05) is 84.7 Å². The Morgan fingerprint density at radius 1 is 0.922 bits per heavy atom. The first-order valence-electron chi connectivity index (χ1n) is 22.5. The van der Waals surface area contributed by atoms with Crippen molar-refractivity contribution in [2.75, 3.05) is 49.1 Å². The van der Waals surface area contributed by atoms with Gasteiger partial charge in [-0.05, 0) is 107 Å². The number of aromatic nitrogens is 7. The van der Waals surface area contributed by atoms with E-state index in [0.29, 0.717) is 30.7 Å². The summed E-state index contributed by atoms with van der Waals surface area (Å²) in [4.78, 5) is 60.8. The molecule has 7 heterocycles. The maximum absolute atomic E-state index is 13.0. The average molecular weight is 867 g/mol. The van der Waals surface area contributed by atoms with Gasteiger partial charge < -0.3 is 24.6 Å². The van der Waals surface area contributed by atoms with Crippen LogP contribution in [-0.2, 0) is 10.2 Å². The van der Waals surface area contributed by atoms with E-state index in [1.807, 2.05) is 58.9 Å². The number of aryl methyl sites for hydroxylation is 2. The van der Waals surface area contributed by atoms with Crippen LogP contribution < -0.4 is 20.4 Å². The molecule has 16 nitrogen and oxygen atoms in total. The SMILES string of the molecule is Cc1cc(-c2ncnc3[nH]c(-c4c(C)nn(C5CCN(CC6CCN(c7ccc(N8CCC(=O)NC8=O)cc7)CC6)CC5)c4C)cc23)ccc1C(C)NC(=O)c1nc(C(C)(C)C)no1. The Kier molecular flexibility index (Phi) is 11.6. The lowest BCUT2D eigenvalue weighted by molar-refractivity contribution is -0.120. The first-order chi connectivity index (χ1) is 30.7. The fourth-order valence-corrected chi connectivity index (χ4v) is 9.72. The van der Waals surface area contributed by atoms with Crippen LogP contribution in [-0.4, -0.2) is 96.9 Å². The number of nitrogens with one attached hydrogen (secondary N) is 3. The number of hydrogen-bond donors (Lipinski definition) is 3. The molecule has 16 heteroatoms. The molecule has 0 radical (unpaired) electrons. The smallest absolute Gasteiger partial charge is 0.328 e. The highest BCUT2D eigenvalue weighted by Crippen LogP contribution is 2.36. The van der Waals surface area contributed by atoms with Crippen molar-refractivity contribution < 1.29 is 18.9 Å². The molecule has 6 aromatic rings. The molecule has 3 fully saturated rings. The summed E-state index contributed by atoms with van der Waals surface area (Å²) in [5, 5.41) is 15.5. The highest BCUT2D eigenvalue weighted by molar-refractivity contribution is 6.05. The predicted octanol–water partition coefficient (Wildman–Crippen LogP) is 7.58. The van der Waals surface area contributed by atoms with E-state index in [1.165, 1.54) is 5.69 Å². The number of carbonyl (C=O) groups is 3. The summed E-state index contributed by atoms with van der Waals surface area (Å²) in [6.07, 6.45) is 6.35. The molecule has 0 saturated carbocycles. The van der Waals surface area contributed by atoms with Crippen molar-refractivity contribution in [3.63, 3.8) is 0 Å². The van der Waals surface area contributed by atoms with Crippen molar-refractivity contribution in [3.05, 3.63) is 89.1 Å². The quantitative estimate of drug-likeness (QED) is 0.123. The Balaban J connectivity index is 0.806. The predicted molar refractivity (Wildman–Crippen MR) is 245 cm³/mol. The van der Waals surface area contributed by atoms with Crippen molar-refractivity contribution in [2.45, 2.75) is 98.1 Å². The number of likely N-dealkylation sites (tertiary alicyclic amines) is 1. The summed E-state index contributed by atoms with van der Waals surface area (Å²) >= 11 is 0. The molecular weight excluding hydrogens is 809 g/mol. The van der Waals surface area contributed by atoms with Gasteiger partial charge in [0.1, 0.15) is 12.0 Å². The van der Waals surface area contributed by atoms with Gasteiger partial charge in [0.15, 0.2) is 5.82 Å². The van der Waals surface area contributed by atoms with Crippen molar-refractivity contribution in [3.8, 4) is 22.5 Å². The third-order valence-corrected chi connectivity index (χ3v) is 13.3. The number of imide groups is 1. The van der Waals surface area contributed by atoms with E-state index >= 15 is 0 Å². The van der Waals surface area contributed by atoms with Crippen molar-refractivity contribution in [1.82, 2.24) is 50.4 Å². The zero-order chi connectivity index (χ0) is 44.9. The largest absolute Gasteiger partial charge is 0.372 e. The lowest BCUT2D eigenvalue weighted by atomic mass is 9.94. The lowest BCUT2D eigenvalue weighted by Gasteiger charge is -2.38. The van der Waals surface area contributed by atoms with E-state index in [0.717, 1.165) is 120 Å². The molecule has 1 atom stereocenters. The molecule has 3 aliphatic rings. The van der Waals surface area contributed by atoms with Gasteiger partial charge in [-0.25, -0.2) is 14.8 Å². The Hall–Kier alpha value is -6.42. The van der Waals surface area contributed by atoms with Gasteiger partial charge in [-0.3, -0.25) is 24.5 Å². The molecule has 0 spiro atoms. The van der Waals surface area contributed by atoms with Gasteiger partial charge in [-0.1, -0.05) is 38.1 Å². The Morgan fingerprint density at radius 2 is 1.66 bits per heavy atom. The lowest BCUT2D eigenvalue weighted by Crippen LogP contribution is -2.49. The molecule has 9 rings (SSSR count). The van der Waals surface area contributed by atoms with Crippen LogP contribution in [0.15, 0.2) is 59.4 Å². The molecule has 2 aromatic carbocycles. The number of fused-ring (bicyclic) bond motifs is 1. The second-order valence-corrected chi connectivity index (χ2v) is 18.8. The van der Waals surface area contributed by atoms with E-state index < -0.39 is 5.91 Å². The Morgan fingerprint density at radius 3 is 2.34 bits per heavy atom. The average Bonchev–Trinajstić information content (AvgIpc) is 4.02. The zero-order valence-corrected chi connectivity index (χ0v) is 37.9. The highest BCUT2D eigenvalue weighted by Gasteiger charge is 2.30. The topological polar surface area (TPSA) is 183 Å². The van der Waals surface area contributed by atoms with Crippen molar-refractivity contribution >= 4 is 40.3 Å². The normalized spacial score (nSPS) is 17.6. The van der Waals surface area contributed by atoms with Gasteiger partial charge in [0.05, 0.1) is 29.2 Å². The number of aromatic amines is 1. The molecule has 4 aromatic heterocycles. The molecule has 3 saturated heterocycles. The van der Waals surface area contributed by atoms with Gasteiger partial charge in [-0.2, -0.15) is 10.1 Å². The van der Waals surface area contributed by atoms with Crippen LogP contribution in [0.25, 0.3) is 33.5 Å². The maximum atomic E-state index is 13.0. The summed E-state index contributed by atoms with van der Waals surface area (Å²) in [5.74, 6) is 0.479. The number of hydrogen-bond acceptors (Lipinski definition) is 11. The van der Waals surface area contributed by atoms with Gasteiger partial charge in [0.25, 0.3) is 0 Å². The van der Waals surface area contributed by atoms with E-state index in [1.54, 1.807) is 11.2 Å². The van der Waals surface area contributed by atoms with Gasteiger partial charge in [0.2, 0.25) is 5.91 Å². The number of amides is 4. The minimum atomic E-state index is -0.408. The van der Waals surface area contributed by atoms with E-state index in [4.69, 9.17) is 14.6 Å². The summed E-state index contributed by atoms with van der Waals surface area (Å²) in [7, 11) is 0. The van der Waals surface area contributed by atoms with E-state index in [2.05, 4.69) is 83.3 Å². The number of urea groups is 1. The monoisotopic (exact) mass is 866 g/mol. The Labute approximate surface area is 373 Å². The van der Waals surface area contributed by atoms with Crippen molar-refractivity contribution in [2.24, 2.45) is 5.92 Å². The second kappa shape index (κ2) is 17.3.